The molecular formula is C6H14N2O. The standard InChI is InChI=1S/C6H14N2O/c1-8(2)6-4-9-3-5(6)7/h5-6H,3-4,7H2,1-2H3. The molecular weight excluding hydrogens is 116 g/mol. The minimum absolute atomic E-state index is 0.208. The zero-order valence-electron chi connectivity index (χ0n) is 6.00. The van der Waals surface area contributed by atoms with E-state index >= 15 is 0 Å². The Balaban J connectivity index is 2.40. The van der Waals surface area contributed by atoms with E-state index in [-0.39, 0.29) is 6.04 Å². The Morgan fingerprint density at radius 2 is 2.11 bits per heavy atom. The van der Waals surface area contributed by atoms with Crippen LogP contribution in [0.4, 0.5) is 0 Å². The largest absolute Gasteiger partial charge is 0.378 e. The van der Waals surface area contributed by atoms with Crippen LogP contribution in [-0.4, -0.2) is 44.3 Å². The van der Waals surface area contributed by atoms with Crippen molar-refractivity contribution in [3.05, 3.63) is 0 Å². The molecule has 1 heterocycles. The van der Waals surface area contributed by atoms with E-state index in [9.17, 15) is 0 Å². The van der Waals surface area contributed by atoms with E-state index in [2.05, 4.69) is 4.90 Å². The maximum atomic E-state index is 5.71. The first-order chi connectivity index (χ1) is 4.22. The third kappa shape index (κ3) is 1.41. The average Bonchev–Trinajstić information content (AvgIpc) is 2.13. The van der Waals surface area contributed by atoms with Gasteiger partial charge in [-0.25, -0.2) is 0 Å². The Bertz CT molecular complexity index is 95.1. The number of nitrogens with two attached hydrogens (primary N) is 1. The van der Waals surface area contributed by atoms with Gasteiger partial charge >= 0.3 is 0 Å². The van der Waals surface area contributed by atoms with E-state index in [1.165, 1.54) is 0 Å². The first-order valence-electron chi connectivity index (χ1n) is 3.21. The fraction of sp³-hybridized carbons (Fsp3) is 1.00. The summed E-state index contributed by atoms with van der Waals surface area (Å²) in [6.07, 6.45) is 0. The molecule has 9 heavy (non-hydrogen) atoms. The van der Waals surface area contributed by atoms with Crippen molar-refractivity contribution >= 4 is 0 Å². The van der Waals surface area contributed by atoms with Crippen LogP contribution in [0.25, 0.3) is 0 Å². The van der Waals surface area contributed by atoms with E-state index in [1.807, 2.05) is 14.1 Å². The first kappa shape index (κ1) is 6.99. The van der Waals surface area contributed by atoms with Crippen molar-refractivity contribution in [2.24, 2.45) is 5.73 Å². The summed E-state index contributed by atoms with van der Waals surface area (Å²) in [6.45, 7) is 1.50. The van der Waals surface area contributed by atoms with Gasteiger partial charge in [-0.2, -0.15) is 0 Å². The number of hydrogen-bond donors (Lipinski definition) is 1. The second-order valence-corrected chi connectivity index (χ2v) is 2.73. The molecule has 2 N–H and O–H groups in total. The summed E-state index contributed by atoms with van der Waals surface area (Å²) in [4.78, 5) is 2.11. The summed E-state index contributed by atoms with van der Waals surface area (Å²) in [5.41, 5.74) is 5.71. The minimum atomic E-state index is 0.208. The molecule has 2 unspecified atom stereocenters. The molecule has 2 atom stereocenters. The quantitative estimate of drug-likeness (QED) is 0.509. The maximum Gasteiger partial charge on any atom is 0.0638 e. The molecule has 3 nitrogen and oxygen atoms in total. The smallest absolute Gasteiger partial charge is 0.0638 e. The van der Waals surface area contributed by atoms with Gasteiger partial charge in [0.25, 0.3) is 0 Å². The highest BCUT2D eigenvalue weighted by Crippen LogP contribution is 2.06. The van der Waals surface area contributed by atoms with Gasteiger partial charge in [-0.15, -0.1) is 0 Å². The summed E-state index contributed by atoms with van der Waals surface area (Å²) in [5, 5.41) is 0. The minimum Gasteiger partial charge on any atom is -0.378 e. The third-order valence-electron chi connectivity index (χ3n) is 1.76. The Morgan fingerprint density at radius 3 is 2.33 bits per heavy atom. The highest BCUT2D eigenvalue weighted by molar-refractivity contribution is 4.83. The number of hydrogen-bond acceptors (Lipinski definition) is 3. The molecule has 0 radical (unpaired) electrons. The average molecular weight is 130 g/mol. The van der Waals surface area contributed by atoms with Gasteiger partial charge < -0.3 is 15.4 Å². The van der Waals surface area contributed by atoms with Crippen molar-refractivity contribution < 1.29 is 4.74 Å². The molecule has 0 aromatic heterocycles. The Morgan fingerprint density at radius 1 is 1.44 bits per heavy atom. The predicted molar refractivity (Wildman–Crippen MR) is 36.3 cm³/mol. The van der Waals surface area contributed by atoms with Gasteiger partial charge in [0.1, 0.15) is 0 Å². The molecule has 0 aromatic rings. The van der Waals surface area contributed by atoms with Crippen molar-refractivity contribution in [1.82, 2.24) is 4.90 Å². The van der Waals surface area contributed by atoms with E-state index < -0.39 is 0 Å². The lowest BCUT2D eigenvalue weighted by Gasteiger charge is -2.20. The molecule has 0 aromatic carbocycles. The monoisotopic (exact) mass is 130 g/mol. The van der Waals surface area contributed by atoms with Crippen molar-refractivity contribution in [3.63, 3.8) is 0 Å². The molecule has 3 heteroatoms. The van der Waals surface area contributed by atoms with Gasteiger partial charge in [0.15, 0.2) is 0 Å². The first-order valence-corrected chi connectivity index (χ1v) is 3.21. The van der Waals surface area contributed by atoms with Crippen molar-refractivity contribution in [2.75, 3.05) is 27.3 Å². The van der Waals surface area contributed by atoms with E-state index in [0.717, 1.165) is 6.61 Å². The van der Waals surface area contributed by atoms with Crippen LogP contribution in [-0.2, 0) is 4.74 Å². The van der Waals surface area contributed by atoms with E-state index in [4.69, 9.17) is 10.5 Å². The van der Waals surface area contributed by atoms with Crippen LogP contribution < -0.4 is 5.73 Å². The number of likely N-dealkylation sites (N-methyl/N-ethyl adjacent to an activating group) is 1. The third-order valence-corrected chi connectivity index (χ3v) is 1.76. The van der Waals surface area contributed by atoms with Crippen LogP contribution in [0.3, 0.4) is 0 Å². The summed E-state index contributed by atoms with van der Waals surface area (Å²) in [7, 11) is 4.05. The molecule has 0 spiro atoms. The molecule has 54 valence electrons. The fourth-order valence-electron chi connectivity index (χ4n) is 1.09. The van der Waals surface area contributed by atoms with Crippen molar-refractivity contribution in [3.8, 4) is 0 Å². The molecule has 0 saturated carbocycles. The van der Waals surface area contributed by atoms with Crippen LogP contribution in [0.15, 0.2) is 0 Å². The lowest BCUT2D eigenvalue weighted by Crippen LogP contribution is -2.43. The summed E-state index contributed by atoms with van der Waals surface area (Å²) >= 11 is 0. The number of nitrogens with zero attached hydrogens (tertiary/aromatic N) is 1. The highest BCUT2D eigenvalue weighted by atomic mass is 16.5. The van der Waals surface area contributed by atoms with Gasteiger partial charge in [-0.3, -0.25) is 0 Å². The molecule has 1 aliphatic heterocycles. The van der Waals surface area contributed by atoms with Gasteiger partial charge in [0.05, 0.1) is 13.2 Å². The normalized spacial score (nSPS) is 36.0. The molecule has 1 fully saturated rings. The number of rotatable bonds is 1. The molecule has 0 amide bonds. The van der Waals surface area contributed by atoms with E-state index in [0.29, 0.717) is 12.6 Å². The van der Waals surface area contributed by atoms with Gasteiger partial charge in [0, 0.05) is 12.1 Å². The summed E-state index contributed by atoms with van der Waals surface area (Å²) in [6, 6.07) is 0.630. The Labute approximate surface area is 55.8 Å². The molecule has 0 aliphatic carbocycles. The van der Waals surface area contributed by atoms with Crippen LogP contribution in [0.1, 0.15) is 0 Å². The lowest BCUT2D eigenvalue weighted by atomic mass is 10.2. The van der Waals surface area contributed by atoms with Gasteiger partial charge in [0.2, 0.25) is 0 Å². The fourth-order valence-corrected chi connectivity index (χ4v) is 1.09. The predicted octanol–water partition coefficient (Wildman–Crippen LogP) is -0.726. The second kappa shape index (κ2) is 2.64. The lowest BCUT2D eigenvalue weighted by molar-refractivity contribution is 0.170. The molecule has 1 rings (SSSR count). The molecule has 1 saturated heterocycles. The second-order valence-electron chi connectivity index (χ2n) is 2.73. The molecule has 1 aliphatic rings. The van der Waals surface area contributed by atoms with Crippen molar-refractivity contribution in [1.29, 1.82) is 0 Å². The SMILES string of the molecule is CN(C)C1COCC1N. The Hall–Kier alpha value is -0.120. The van der Waals surface area contributed by atoms with Gasteiger partial charge in [-0.1, -0.05) is 0 Å². The van der Waals surface area contributed by atoms with E-state index in [1.54, 1.807) is 0 Å². The molecule has 0 bridgehead atoms. The topological polar surface area (TPSA) is 38.5 Å². The van der Waals surface area contributed by atoms with Gasteiger partial charge in [-0.05, 0) is 14.1 Å². The van der Waals surface area contributed by atoms with Crippen molar-refractivity contribution in [2.45, 2.75) is 12.1 Å². The summed E-state index contributed by atoms with van der Waals surface area (Å²) in [5.74, 6) is 0. The van der Waals surface area contributed by atoms with Crippen LogP contribution >= 0.6 is 0 Å². The zero-order valence-corrected chi connectivity index (χ0v) is 6.00. The zero-order chi connectivity index (χ0) is 6.85. The summed E-state index contributed by atoms with van der Waals surface area (Å²) < 4.78 is 5.16. The maximum absolute atomic E-state index is 5.71. The van der Waals surface area contributed by atoms with Crippen LogP contribution in [0.5, 0.6) is 0 Å². The number of ether oxygens (including phenoxy) is 1. The Kier molecular flexibility index (Phi) is 2.05. The van der Waals surface area contributed by atoms with Crippen LogP contribution in [0.2, 0.25) is 0 Å². The highest BCUT2D eigenvalue weighted by Gasteiger charge is 2.25. The van der Waals surface area contributed by atoms with Crippen LogP contribution in [0, 0.1) is 0 Å².